The lowest BCUT2D eigenvalue weighted by Crippen LogP contribution is -2.39. The number of carbonyl (C=O) groups is 2. The minimum atomic E-state index is -1.56. The Balaban J connectivity index is 3.86. The highest BCUT2D eigenvalue weighted by molar-refractivity contribution is 6.02. The van der Waals surface area contributed by atoms with Gasteiger partial charge in [-0.1, -0.05) is 6.58 Å². The maximum absolute atomic E-state index is 10.6. The highest BCUT2D eigenvalue weighted by Crippen LogP contribution is 1.80. The first-order valence-electron chi connectivity index (χ1n) is 2.88. The molecule has 0 aromatic rings. The van der Waals surface area contributed by atoms with Gasteiger partial charge in [0.2, 0.25) is 5.91 Å². The first-order chi connectivity index (χ1) is 5.11. The van der Waals surface area contributed by atoms with Crippen LogP contribution in [0.2, 0.25) is 0 Å². The van der Waals surface area contributed by atoms with E-state index in [2.05, 4.69) is 6.58 Å². The third-order valence-corrected chi connectivity index (χ3v) is 0.907. The van der Waals surface area contributed by atoms with Crippen molar-refractivity contribution in [2.45, 2.75) is 6.10 Å². The van der Waals surface area contributed by atoms with Gasteiger partial charge in [0.15, 0.2) is 6.10 Å². The second-order valence-corrected chi connectivity index (χ2v) is 1.76. The van der Waals surface area contributed by atoms with Gasteiger partial charge in [0.25, 0.3) is 5.91 Å². The monoisotopic (exact) mass is 159 g/mol. The normalized spacial score (nSPS) is 11.8. The van der Waals surface area contributed by atoms with Crippen LogP contribution in [0.25, 0.3) is 0 Å². The van der Waals surface area contributed by atoms with Crippen molar-refractivity contribution in [2.24, 2.45) is 0 Å². The lowest BCUT2D eigenvalue weighted by atomic mass is 10.3. The highest BCUT2D eigenvalue weighted by Gasteiger charge is 2.14. The summed E-state index contributed by atoms with van der Waals surface area (Å²) in [5, 5.41) is 18.6. The number of carbonyl (C=O) groups excluding carboxylic acids is 2. The predicted molar refractivity (Wildman–Crippen MR) is 36.4 cm³/mol. The van der Waals surface area contributed by atoms with E-state index in [1.807, 2.05) is 0 Å². The van der Waals surface area contributed by atoms with Crippen LogP contribution < -0.4 is 5.32 Å². The maximum atomic E-state index is 10.6. The maximum Gasteiger partial charge on any atom is 0.258 e. The molecule has 0 aliphatic carbocycles. The van der Waals surface area contributed by atoms with Crippen molar-refractivity contribution in [3.05, 3.63) is 12.7 Å². The molecule has 1 unspecified atom stereocenters. The first kappa shape index (κ1) is 9.80. The van der Waals surface area contributed by atoms with E-state index < -0.39 is 24.5 Å². The summed E-state index contributed by atoms with van der Waals surface area (Å²) in [6, 6.07) is 0. The smallest absolute Gasteiger partial charge is 0.258 e. The molecule has 62 valence electrons. The first-order valence-corrected chi connectivity index (χ1v) is 2.88. The van der Waals surface area contributed by atoms with Gasteiger partial charge in [-0.3, -0.25) is 14.9 Å². The molecule has 0 aromatic heterocycles. The number of imide groups is 1. The Morgan fingerprint density at radius 3 is 2.55 bits per heavy atom. The van der Waals surface area contributed by atoms with Crippen LogP contribution in [-0.4, -0.2) is 34.7 Å². The molecule has 0 saturated heterocycles. The molecule has 0 aliphatic heterocycles. The van der Waals surface area contributed by atoms with Crippen molar-refractivity contribution >= 4 is 11.8 Å². The standard InChI is InChI=1S/C6H9NO4/c1-2-5(10)7-6(11)4(9)3-8/h2,4,8-9H,1,3H2,(H,7,10,11). The zero-order chi connectivity index (χ0) is 8.85. The summed E-state index contributed by atoms with van der Waals surface area (Å²) in [7, 11) is 0. The summed E-state index contributed by atoms with van der Waals surface area (Å²) in [5.41, 5.74) is 0. The van der Waals surface area contributed by atoms with E-state index in [1.165, 1.54) is 0 Å². The molecule has 0 fully saturated rings. The molecule has 0 spiro atoms. The van der Waals surface area contributed by atoms with Gasteiger partial charge in [0.1, 0.15) is 0 Å². The van der Waals surface area contributed by atoms with Crippen molar-refractivity contribution in [2.75, 3.05) is 6.61 Å². The summed E-state index contributed by atoms with van der Waals surface area (Å²) in [5.74, 6) is -1.64. The molecule has 5 heteroatoms. The van der Waals surface area contributed by atoms with Crippen molar-refractivity contribution in [3.63, 3.8) is 0 Å². The Labute approximate surface area is 63.3 Å². The van der Waals surface area contributed by atoms with Gasteiger partial charge in [-0.15, -0.1) is 0 Å². The molecule has 0 rings (SSSR count). The van der Waals surface area contributed by atoms with E-state index in [4.69, 9.17) is 10.2 Å². The molecular formula is C6H9NO4. The zero-order valence-electron chi connectivity index (χ0n) is 5.78. The van der Waals surface area contributed by atoms with Crippen LogP contribution in [0.4, 0.5) is 0 Å². The van der Waals surface area contributed by atoms with E-state index in [-0.39, 0.29) is 0 Å². The number of hydrogen-bond acceptors (Lipinski definition) is 4. The van der Waals surface area contributed by atoms with E-state index in [9.17, 15) is 9.59 Å². The number of amides is 2. The molecule has 2 amide bonds. The summed E-state index contributed by atoms with van der Waals surface area (Å²) in [6.45, 7) is 2.38. The van der Waals surface area contributed by atoms with Gasteiger partial charge in [-0.25, -0.2) is 0 Å². The average Bonchev–Trinajstić information content (AvgIpc) is 2.02. The Hall–Kier alpha value is -1.20. The quantitative estimate of drug-likeness (QED) is 0.423. The second kappa shape index (κ2) is 4.59. The fourth-order valence-electron chi connectivity index (χ4n) is 0.339. The molecule has 0 heterocycles. The van der Waals surface area contributed by atoms with Crippen LogP contribution in [-0.2, 0) is 9.59 Å². The van der Waals surface area contributed by atoms with Gasteiger partial charge in [0.05, 0.1) is 6.61 Å². The van der Waals surface area contributed by atoms with Gasteiger partial charge in [-0.2, -0.15) is 0 Å². The highest BCUT2D eigenvalue weighted by atomic mass is 16.3. The van der Waals surface area contributed by atoms with E-state index in [0.717, 1.165) is 6.08 Å². The second-order valence-electron chi connectivity index (χ2n) is 1.76. The lowest BCUT2D eigenvalue weighted by molar-refractivity contribution is -0.135. The SMILES string of the molecule is C=CC(=O)NC(=O)C(O)CO. The van der Waals surface area contributed by atoms with Gasteiger partial charge < -0.3 is 10.2 Å². The molecule has 1 atom stereocenters. The number of rotatable bonds is 3. The van der Waals surface area contributed by atoms with Crippen LogP contribution in [0.1, 0.15) is 0 Å². The Morgan fingerprint density at radius 1 is 1.64 bits per heavy atom. The Morgan fingerprint density at radius 2 is 2.18 bits per heavy atom. The molecular weight excluding hydrogens is 150 g/mol. The summed E-state index contributed by atoms with van der Waals surface area (Å²) < 4.78 is 0. The minimum absolute atomic E-state index is 0.706. The van der Waals surface area contributed by atoms with Gasteiger partial charge in [-0.05, 0) is 6.08 Å². The van der Waals surface area contributed by atoms with Gasteiger partial charge in [0, 0.05) is 0 Å². The summed E-state index contributed by atoms with van der Waals surface area (Å²) in [4.78, 5) is 21.0. The fourth-order valence-corrected chi connectivity index (χ4v) is 0.339. The molecule has 0 aromatic carbocycles. The topological polar surface area (TPSA) is 86.6 Å². The number of hydrogen-bond donors (Lipinski definition) is 3. The van der Waals surface area contributed by atoms with Crippen molar-refractivity contribution < 1.29 is 19.8 Å². The molecule has 0 radical (unpaired) electrons. The number of aliphatic hydroxyl groups is 2. The molecule has 11 heavy (non-hydrogen) atoms. The summed E-state index contributed by atoms with van der Waals surface area (Å²) in [6.07, 6.45) is -0.666. The fraction of sp³-hybridized carbons (Fsp3) is 0.333. The van der Waals surface area contributed by atoms with Crippen LogP contribution in [0, 0.1) is 0 Å². The molecule has 0 aliphatic rings. The van der Waals surface area contributed by atoms with Crippen LogP contribution >= 0.6 is 0 Å². The third kappa shape index (κ3) is 3.49. The molecule has 5 nitrogen and oxygen atoms in total. The summed E-state index contributed by atoms with van der Waals surface area (Å²) >= 11 is 0. The molecule has 0 saturated carbocycles. The predicted octanol–water partition coefficient (Wildman–Crippen LogP) is -1.83. The van der Waals surface area contributed by atoms with Gasteiger partial charge >= 0.3 is 0 Å². The Kier molecular flexibility index (Phi) is 4.09. The molecule has 3 N–H and O–H groups in total. The van der Waals surface area contributed by atoms with Crippen LogP contribution in [0.3, 0.4) is 0 Å². The van der Waals surface area contributed by atoms with Crippen molar-refractivity contribution in [1.82, 2.24) is 5.32 Å². The van der Waals surface area contributed by atoms with Crippen molar-refractivity contribution in [1.29, 1.82) is 0 Å². The minimum Gasteiger partial charge on any atom is -0.393 e. The van der Waals surface area contributed by atoms with E-state index >= 15 is 0 Å². The van der Waals surface area contributed by atoms with E-state index in [1.54, 1.807) is 5.32 Å². The largest absolute Gasteiger partial charge is 0.393 e. The third-order valence-electron chi connectivity index (χ3n) is 0.907. The average molecular weight is 159 g/mol. The number of aliphatic hydroxyl groups excluding tert-OH is 2. The number of nitrogens with one attached hydrogen (secondary N) is 1. The zero-order valence-corrected chi connectivity index (χ0v) is 5.78. The van der Waals surface area contributed by atoms with Crippen LogP contribution in [0.5, 0.6) is 0 Å². The lowest BCUT2D eigenvalue weighted by Gasteiger charge is -2.04. The Bertz CT molecular complexity index is 177. The van der Waals surface area contributed by atoms with Crippen LogP contribution in [0.15, 0.2) is 12.7 Å². The van der Waals surface area contributed by atoms with Crippen molar-refractivity contribution in [3.8, 4) is 0 Å². The molecule has 0 bridgehead atoms. The van der Waals surface area contributed by atoms with E-state index in [0.29, 0.717) is 0 Å².